The molecule has 1 unspecified atom stereocenters. The van der Waals surface area contributed by atoms with Crippen molar-refractivity contribution in [3.63, 3.8) is 0 Å². The first kappa shape index (κ1) is 52.6. The minimum absolute atomic E-state index is 0.0692. The van der Waals surface area contributed by atoms with Gasteiger partial charge in [0.1, 0.15) is 0 Å². The Kier molecular flexibility index (Phi) is 32.2. The molecule has 1 atom stereocenters. The topological polar surface area (TPSA) is 85.4 Å². The summed E-state index contributed by atoms with van der Waals surface area (Å²) in [6.07, 6.45) is 53.6. The highest BCUT2D eigenvalue weighted by Crippen LogP contribution is 2.35. The van der Waals surface area contributed by atoms with Crippen molar-refractivity contribution in [1.82, 2.24) is 9.96 Å². The van der Waals surface area contributed by atoms with E-state index in [-0.39, 0.29) is 25.4 Å². The van der Waals surface area contributed by atoms with Gasteiger partial charge in [0.2, 0.25) is 0 Å². The van der Waals surface area contributed by atoms with Gasteiger partial charge in [0.05, 0.1) is 12.7 Å². The van der Waals surface area contributed by atoms with Gasteiger partial charge in [-0.3, -0.25) is 9.59 Å². The molecule has 0 bridgehead atoms. The third-order valence-corrected chi connectivity index (χ3v) is 11.6. The molecule has 0 aromatic rings. The molecule has 2 fully saturated rings. The minimum Gasteiger partial charge on any atom is -0.347 e. The van der Waals surface area contributed by atoms with E-state index in [9.17, 15) is 14.4 Å². The van der Waals surface area contributed by atoms with Gasteiger partial charge in [0, 0.05) is 38.6 Å². The van der Waals surface area contributed by atoms with E-state index in [2.05, 4.69) is 74.4 Å². The fourth-order valence-electron chi connectivity index (χ4n) is 7.93. The number of unbranched alkanes of at least 4 members (excludes halogenated alkanes) is 20. The van der Waals surface area contributed by atoms with Gasteiger partial charge >= 0.3 is 5.97 Å². The van der Waals surface area contributed by atoms with Crippen LogP contribution < -0.4 is 0 Å². The average molecular weight is 825 g/mol. The van der Waals surface area contributed by atoms with Crippen LogP contribution >= 0.6 is 0 Å². The summed E-state index contributed by atoms with van der Waals surface area (Å²) in [5.41, 5.74) is 0. The number of ether oxygens (including phenoxy) is 2. The zero-order valence-corrected chi connectivity index (χ0v) is 38.3. The lowest BCUT2D eigenvalue weighted by Crippen LogP contribution is -2.35. The summed E-state index contributed by atoms with van der Waals surface area (Å²) in [4.78, 5) is 42.8. The second kappa shape index (κ2) is 36.1. The van der Waals surface area contributed by atoms with Crippen molar-refractivity contribution in [2.24, 2.45) is 0 Å². The third kappa shape index (κ3) is 27.8. The Morgan fingerprint density at radius 3 is 1.56 bits per heavy atom. The standard InChI is InChI=1S/C51H88N2O6/c1-4-6-8-10-12-14-16-18-20-22-24-26-28-30-32-36-42-51(43-37-33-31-29-27-25-23-21-19-17-15-13-11-9-7-5-2)57-46-47(58-51)45-52(3)44-38-34-35-39-50(56)59-53-48(54)40-41-49(53)55/h12-15,18-21,47H,4-11,16-17,22-46H2,1-3H3/b14-12-,15-13-,20-18-,21-19-. The molecule has 59 heavy (non-hydrogen) atoms. The molecule has 338 valence electrons. The van der Waals surface area contributed by atoms with E-state index in [0.717, 1.165) is 64.5 Å². The summed E-state index contributed by atoms with van der Waals surface area (Å²) in [7, 11) is 2.13. The largest absolute Gasteiger partial charge is 0.347 e. The summed E-state index contributed by atoms with van der Waals surface area (Å²) < 4.78 is 13.4. The number of imide groups is 1. The molecule has 0 N–H and O–H groups in total. The Morgan fingerprint density at radius 2 is 1.07 bits per heavy atom. The van der Waals surface area contributed by atoms with Crippen molar-refractivity contribution >= 4 is 17.8 Å². The van der Waals surface area contributed by atoms with Crippen LogP contribution in [0.2, 0.25) is 0 Å². The molecule has 0 aliphatic carbocycles. The van der Waals surface area contributed by atoms with Gasteiger partial charge in [-0.1, -0.05) is 146 Å². The molecule has 8 nitrogen and oxygen atoms in total. The van der Waals surface area contributed by atoms with Gasteiger partial charge in [-0.05, 0) is 103 Å². The number of amides is 2. The van der Waals surface area contributed by atoms with Crippen molar-refractivity contribution < 1.29 is 28.7 Å². The first-order valence-electron chi connectivity index (χ1n) is 24.6. The molecule has 8 heteroatoms. The molecule has 2 amide bonds. The van der Waals surface area contributed by atoms with Crippen LogP contribution in [0.15, 0.2) is 48.6 Å². The van der Waals surface area contributed by atoms with E-state index in [1.54, 1.807) is 0 Å². The Balaban J connectivity index is 1.65. The number of nitrogens with zero attached hydrogens (tertiary/aromatic N) is 2. The lowest BCUT2D eigenvalue weighted by atomic mass is 9.98. The number of hydrogen-bond acceptors (Lipinski definition) is 7. The van der Waals surface area contributed by atoms with Gasteiger partial charge in [-0.15, -0.1) is 5.06 Å². The van der Waals surface area contributed by atoms with Gasteiger partial charge in [0.25, 0.3) is 11.8 Å². The third-order valence-electron chi connectivity index (χ3n) is 11.6. The van der Waals surface area contributed by atoms with Crippen molar-refractivity contribution in [3.05, 3.63) is 48.6 Å². The Hall–Kier alpha value is -2.55. The molecule has 0 saturated carbocycles. The molecule has 2 heterocycles. The van der Waals surface area contributed by atoms with Crippen LogP contribution in [-0.2, 0) is 28.7 Å². The Bertz CT molecular complexity index is 1130. The van der Waals surface area contributed by atoms with Crippen LogP contribution in [0.4, 0.5) is 0 Å². The van der Waals surface area contributed by atoms with E-state index in [4.69, 9.17) is 14.3 Å². The maximum absolute atomic E-state index is 12.1. The molecule has 2 aliphatic heterocycles. The number of allylic oxidation sites excluding steroid dienone is 8. The molecule has 2 rings (SSSR count). The quantitative estimate of drug-likeness (QED) is 0.0347. The second-order valence-electron chi connectivity index (χ2n) is 17.2. The lowest BCUT2D eigenvalue weighted by Gasteiger charge is -2.29. The number of likely N-dealkylation sites (N-methyl/N-ethyl adjacent to an activating group) is 1. The van der Waals surface area contributed by atoms with Gasteiger partial charge in [-0.25, -0.2) is 4.79 Å². The smallest absolute Gasteiger partial charge is 0.333 e. The first-order chi connectivity index (χ1) is 28.9. The van der Waals surface area contributed by atoms with Gasteiger partial charge in [-0.2, -0.15) is 0 Å². The molecule has 0 spiro atoms. The van der Waals surface area contributed by atoms with Crippen molar-refractivity contribution in [3.8, 4) is 0 Å². The molecule has 0 aromatic heterocycles. The fourth-order valence-corrected chi connectivity index (χ4v) is 7.93. The van der Waals surface area contributed by atoms with E-state index >= 15 is 0 Å². The normalized spacial score (nSPS) is 17.2. The average Bonchev–Trinajstić information content (AvgIpc) is 3.77. The van der Waals surface area contributed by atoms with Crippen molar-refractivity contribution in [2.45, 2.75) is 231 Å². The van der Waals surface area contributed by atoms with Crippen LogP contribution in [-0.4, -0.2) is 66.4 Å². The number of carbonyl (C=O) groups is 3. The molecule has 0 radical (unpaired) electrons. The summed E-state index contributed by atoms with van der Waals surface area (Å²) >= 11 is 0. The minimum atomic E-state index is -0.519. The zero-order chi connectivity index (χ0) is 42.5. The molecular weight excluding hydrogens is 737 g/mol. The van der Waals surface area contributed by atoms with Crippen LogP contribution in [0, 0.1) is 0 Å². The lowest BCUT2D eigenvalue weighted by molar-refractivity contribution is -0.197. The number of hydroxylamine groups is 2. The first-order valence-corrected chi connectivity index (χ1v) is 24.6. The van der Waals surface area contributed by atoms with Crippen molar-refractivity contribution in [2.75, 3.05) is 26.7 Å². The van der Waals surface area contributed by atoms with E-state index in [1.165, 1.54) is 128 Å². The highest BCUT2D eigenvalue weighted by molar-refractivity contribution is 6.01. The molecule has 0 aromatic carbocycles. The highest BCUT2D eigenvalue weighted by atomic mass is 16.7. The fraction of sp³-hybridized carbons (Fsp3) is 0.784. The van der Waals surface area contributed by atoms with Crippen LogP contribution in [0.1, 0.15) is 219 Å². The SMILES string of the molecule is CCCCC/C=C\C/C=C\CCCCCCCCC1(CCCCCCCC/C=C\C/C=C\CCCCC)OCC(CN(C)CCCCCC(=O)ON2C(=O)CCC2=O)O1. The summed E-state index contributed by atoms with van der Waals surface area (Å²) in [5, 5.41) is 0.633. The maximum atomic E-state index is 12.1. The highest BCUT2D eigenvalue weighted by Gasteiger charge is 2.40. The second-order valence-corrected chi connectivity index (χ2v) is 17.2. The van der Waals surface area contributed by atoms with Crippen LogP contribution in [0.3, 0.4) is 0 Å². The number of hydrogen-bond donors (Lipinski definition) is 0. The Morgan fingerprint density at radius 1 is 0.627 bits per heavy atom. The van der Waals surface area contributed by atoms with Gasteiger partial charge in [0.15, 0.2) is 5.79 Å². The predicted molar refractivity (Wildman–Crippen MR) is 245 cm³/mol. The van der Waals surface area contributed by atoms with Crippen LogP contribution in [0.25, 0.3) is 0 Å². The zero-order valence-electron chi connectivity index (χ0n) is 38.3. The summed E-state index contributed by atoms with van der Waals surface area (Å²) in [6, 6.07) is 0. The monoisotopic (exact) mass is 825 g/mol. The Labute approximate surface area is 362 Å². The summed E-state index contributed by atoms with van der Waals surface area (Å²) in [6.45, 7) is 6.90. The molecular formula is C51H88N2O6. The van der Waals surface area contributed by atoms with Gasteiger partial charge < -0.3 is 19.2 Å². The maximum Gasteiger partial charge on any atom is 0.333 e. The molecule has 2 aliphatic rings. The molecule has 2 saturated heterocycles. The number of rotatable bonds is 39. The predicted octanol–water partition coefficient (Wildman–Crippen LogP) is 13.6. The van der Waals surface area contributed by atoms with E-state index in [0.29, 0.717) is 18.1 Å². The van der Waals surface area contributed by atoms with Crippen molar-refractivity contribution in [1.29, 1.82) is 0 Å². The van der Waals surface area contributed by atoms with E-state index in [1.807, 2.05) is 0 Å². The summed E-state index contributed by atoms with van der Waals surface area (Å²) in [5.74, 6) is -1.84. The van der Waals surface area contributed by atoms with Crippen LogP contribution in [0.5, 0.6) is 0 Å². The van der Waals surface area contributed by atoms with E-state index < -0.39 is 23.6 Å². The number of carbonyl (C=O) groups excluding carboxylic acids is 3.